The molecule has 3 rings (SSSR count). The molecule has 0 N–H and O–H groups in total. The number of nitrogens with zero attached hydrogens (tertiary/aromatic N) is 3. The predicted molar refractivity (Wildman–Crippen MR) is 88.6 cm³/mol. The highest BCUT2D eigenvalue weighted by atomic mass is 16.5. The van der Waals surface area contributed by atoms with Crippen LogP contribution in [-0.4, -0.2) is 34.6 Å². The van der Waals surface area contributed by atoms with Gasteiger partial charge < -0.3 is 9.47 Å². The second-order valence-electron chi connectivity index (χ2n) is 5.56. The molecule has 23 heavy (non-hydrogen) atoms. The van der Waals surface area contributed by atoms with E-state index in [1.807, 2.05) is 19.9 Å². The SMILES string of the molecule is CCOc1cc2c(cc1OCC)CN(Cc1ncccn1)CC2. The van der Waals surface area contributed by atoms with E-state index in [2.05, 4.69) is 27.0 Å². The first-order chi connectivity index (χ1) is 11.3. The van der Waals surface area contributed by atoms with Gasteiger partial charge in [-0.25, -0.2) is 9.97 Å². The quantitative estimate of drug-likeness (QED) is 0.820. The van der Waals surface area contributed by atoms with Crippen LogP contribution in [0.4, 0.5) is 0 Å². The molecule has 0 radical (unpaired) electrons. The number of fused-ring (bicyclic) bond motifs is 1. The van der Waals surface area contributed by atoms with E-state index in [1.165, 1.54) is 11.1 Å². The lowest BCUT2D eigenvalue weighted by atomic mass is 9.99. The van der Waals surface area contributed by atoms with Crippen LogP contribution < -0.4 is 9.47 Å². The molecule has 0 unspecified atom stereocenters. The van der Waals surface area contributed by atoms with Crippen LogP contribution in [0.2, 0.25) is 0 Å². The summed E-state index contributed by atoms with van der Waals surface area (Å²) in [6.45, 7) is 7.95. The first-order valence-corrected chi connectivity index (χ1v) is 8.19. The zero-order chi connectivity index (χ0) is 16.1. The zero-order valence-electron chi connectivity index (χ0n) is 13.8. The van der Waals surface area contributed by atoms with Crippen molar-refractivity contribution in [2.45, 2.75) is 33.4 Å². The Morgan fingerprint density at radius 2 is 1.65 bits per heavy atom. The number of aromatic nitrogens is 2. The fourth-order valence-electron chi connectivity index (χ4n) is 2.91. The van der Waals surface area contributed by atoms with Crippen LogP contribution in [-0.2, 0) is 19.5 Å². The molecule has 2 aromatic rings. The van der Waals surface area contributed by atoms with Crippen LogP contribution >= 0.6 is 0 Å². The summed E-state index contributed by atoms with van der Waals surface area (Å²) in [5.74, 6) is 2.56. The van der Waals surface area contributed by atoms with Gasteiger partial charge in [0.25, 0.3) is 0 Å². The molecule has 122 valence electrons. The van der Waals surface area contributed by atoms with Gasteiger partial charge in [-0.3, -0.25) is 4.90 Å². The largest absolute Gasteiger partial charge is 0.490 e. The predicted octanol–water partition coefficient (Wildman–Crippen LogP) is 2.83. The van der Waals surface area contributed by atoms with Crippen molar-refractivity contribution in [3.05, 3.63) is 47.5 Å². The van der Waals surface area contributed by atoms with Gasteiger partial charge in [0.1, 0.15) is 5.82 Å². The summed E-state index contributed by atoms with van der Waals surface area (Å²) in [4.78, 5) is 11.0. The van der Waals surface area contributed by atoms with Crippen molar-refractivity contribution >= 4 is 0 Å². The topological polar surface area (TPSA) is 47.5 Å². The maximum Gasteiger partial charge on any atom is 0.161 e. The van der Waals surface area contributed by atoms with Crippen molar-refractivity contribution in [3.8, 4) is 11.5 Å². The molecule has 0 atom stereocenters. The fraction of sp³-hybridized carbons (Fsp3) is 0.444. The van der Waals surface area contributed by atoms with E-state index in [0.29, 0.717) is 13.2 Å². The summed E-state index contributed by atoms with van der Waals surface area (Å²) in [5, 5.41) is 0. The van der Waals surface area contributed by atoms with Crippen LogP contribution in [0.1, 0.15) is 30.8 Å². The van der Waals surface area contributed by atoms with Crippen LogP contribution in [0.5, 0.6) is 11.5 Å². The molecule has 5 heteroatoms. The van der Waals surface area contributed by atoms with Crippen LogP contribution in [0.25, 0.3) is 0 Å². The summed E-state index contributed by atoms with van der Waals surface area (Å²) < 4.78 is 11.5. The Labute approximate surface area is 137 Å². The lowest BCUT2D eigenvalue weighted by molar-refractivity contribution is 0.236. The zero-order valence-corrected chi connectivity index (χ0v) is 13.8. The van der Waals surface area contributed by atoms with E-state index in [1.54, 1.807) is 12.4 Å². The molecule has 0 spiro atoms. The summed E-state index contributed by atoms with van der Waals surface area (Å²) in [5.41, 5.74) is 2.65. The fourth-order valence-corrected chi connectivity index (χ4v) is 2.91. The molecular weight excluding hydrogens is 290 g/mol. The van der Waals surface area contributed by atoms with Crippen LogP contribution in [0.15, 0.2) is 30.6 Å². The van der Waals surface area contributed by atoms with Crippen LogP contribution in [0, 0.1) is 0 Å². The minimum atomic E-state index is 0.639. The minimum absolute atomic E-state index is 0.639. The van der Waals surface area contributed by atoms with E-state index in [-0.39, 0.29) is 0 Å². The smallest absolute Gasteiger partial charge is 0.161 e. The number of hydrogen-bond acceptors (Lipinski definition) is 5. The van der Waals surface area contributed by atoms with Crippen molar-refractivity contribution < 1.29 is 9.47 Å². The first-order valence-electron chi connectivity index (χ1n) is 8.19. The molecule has 0 aliphatic carbocycles. The Kier molecular flexibility index (Phi) is 5.08. The average molecular weight is 313 g/mol. The highest BCUT2D eigenvalue weighted by Gasteiger charge is 2.20. The Morgan fingerprint density at radius 1 is 1.00 bits per heavy atom. The molecular formula is C18H23N3O2. The van der Waals surface area contributed by atoms with Gasteiger partial charge in [0, 0.05) is 25.5 Å². The van der Waals surface area contributed by atoms with Gasteiger partial charge in [-0.15, -0.1) is 0 Å². The van der Waals surface area contributed by atoms with Gasteiger partial charge in [-0.05, 0) is 49.6 Å². The Balaban J connectivity index is 1.78. The molecule has 0 fully saturated rings. The molecule has 1 aromatic carbocycles. The summed E-state index contributed by atoms with van der Waals surface area (Å²) in [6.07, 6.45) is 4.60. The Morgan fingerprint density at radius 3 is 2.30 bits per heavy atom. The normalized spacial score (nSPS) is 14.3. The van der Waals surface area contributed by atoms with Gasteiger partial charge in [-0.1, -0.05) is 0 Å². The third kappa shape index (κ3) is 3.79. The van der Waals surface area contributed by atoms with Crippen molar-refractivity contribution in [2.75, 3.05) is 19.8 Å². The van der Waals surface area contributed by atoms with Gasteiger partial charge in [0.15, 0.2) is 11.5 Å². The maximum absolute atomic E-state index is 5.74. The minimum Gasteiger partial charge on any atom is -0.490 e. The number of benzene rings is 1. The third-order valence-corrected chi connectivity index (χ3v) is 3.94. The Bertz CT molecular complexity index is 646. The van der Waals surface area contributed by atoms with Gasteiger partial charge in [-0.2, -0.15) is 0 Å². The Hall–Kier alpha value is -2.14. The average Bonchev–Trinajstić information content (AvgIpc) is 2.57. The third-order valence-electron chi connectivity index (χ3n) is 3.94. The maximum atomic E-state index is 5.74. The van der Waals surface area contributed by atoms with E-state index in [4.69, 9.17) is 9.47 Å². The highest BCUT2D eigenvalue weighted by Crippen LogP contribution is 2.34. The summed E-state index contributed by atoms with van der Waals surface area (Å²) in [7, 11) is 0. The molecule has 1 aliphatic heterocycles. The molecule has 0 saturated heterocycles. The van der Waals surface area contributed by atoms with Gasteiger partial charge in [0.05, 0.1) is 19.8 Å². The van der Waals surface area contributed by atoms with Crippen molar-refractivity contribution in [1.29, 1.82) is 0 Å². The number of rotatable bonds is 6. The number of ether oxygens (including phenoxy) is 2. The van der Waals surface area contributed by atoms with Gasteiger partial charge in [0.2, 0.25) is 0 Å². The summed E-state index contributed by atoms with van der Waals surface area (Å²) >= 11 is 0. The van der Waals surface area contributed by atoms with E-state index in [0.717, 1.165) is 43.4 Å². The summed E-state index contributed by atoms with van der Waals surface area (Å²) in [6, 6.07) is 6.11. The van der Waals surface area contributed by atoms with E-state index < -0.39 is 0 Å². The lowest BCUT2D eigenvalue weighted by Gasteiger charge is -2.29. The highest BCUT2D eigenvalue weighted by molar-refractivity contribution is 5.48. The molecule has 1 aromatic heterocycles. The molecule has 5 nitrogen and oxygen atoms in total. The number of hydrogen-bond donors (Lipinski definition) is 0. The second kappa shape index (κ2) is 7.42. The van der Waals surface area contributed by atoms with E-state index in [9.17, 15) is 0 Å². The molecule has 2 heterocycles. The molecule has 0 bridgehead atoms. The monoisotopic (exact) mass is 313 g/mol. The standard InChI is InChI=1S/C18H23N3O2/c1-3-22-16-10-14-6-9-21(13-18-19-7-5-8-20-18)12-15(14)11-17(16)23-4-2/h5,7-8,10-11H,3-4,6,9,12-13H2,1-2H3. The molecule has 1 aliphatic rings. The van der Waals surface area contributed by atoms with Gasteiger partial charge >= 0.3 is 0 Å². The van der Waals surface area contributed by atoms with Crippen LogP contribution in [0.3, 0.4) is 0 Å². The van der Waals surface area contributed by atoms with Crippen molar-refractivity contribution in [2.24, 2.45) is 0 Å². The van der Waals surface area contributed by atoms with Crippen molar-refractivity contribution in [3.63, 3.8) is 0 Å². The first kappa shape index (κ1) is 15.7. The van der Waals surface area contributed by atoms with Crippen molar-refractivity contribution in [1.82, 2.24) is 14.9 Å². The second-order valence-corrected chi connectivity index (χ2v) is 5.56. The lowest BCUT2D eigenvalue weighted by Crippen LogP contribution is -2.30. The molecule has 0 amide bonds. The molecule has 0 saturated carbocycles. The van der Waals surface area contributed by atoms with E-state index >= 15 is 0 Å².